The van der Waals surface area contributed by atoms with E-state index in [9.17, 15) is 4.39 Å². The lowest BCUT2D eigenvalue weighted by Crippen LogP contribution is -2.31. The van der Waals surface area contributed by atoms with Crippen LogP contribution in [0.4, 0.5) is 4.39 Å². The lowest BCUT2D eigenvalue weighted by atomic mass is 10.1. The van der Waals surface area contributed by atoms with Crippen molar-refractivity contribution in [3.05, 3.63) is 35.9 Å². The second-order valence-corrected chi connectivity index (χ2v) is 5.33. The molecule has 3 nitrogen and oxygen atoms in total. The van der Waals surface area contributed by atoms with E-state index in [4.69, 9.17) is 4.74 Å². The molecule has 0 aliphatic rings. The van der Waals surface area contributed by atoms with Crippen molar-refractivity contribution in [3.63, 3.8) is 0 Å². The van der Waals surface area contributed by atoms with E-state index >= 15 is 0 Å². The minimum atomic E-state index is -0.311. The molecule has 2 rings (SSSR count). The fourth-order valence-electron chi connectivity index (χ4n) is 2.62. The van der Waals surface area contributed by atoms with Crippen molar-refractivity contribution in [1.29, 1.82) is 0 Å². The third kappa shape index (κ3) is 2.80. The fraction of sp³-hybridized carbons (Fsp3) is 0.500. The van der Waals surface area contributed by atoms with E-state index in [1.165, 1.54) is 13.2 Å². The van der Waals surface area contributed by atoms with Gasteiger partial charge in [-0.1, -0.05) is 6.92 Å². The number of nitrogens with zero attached hydrogens (tertiary/aromatic N) is 2. The van der Waals surface area contributed by atoms with Gasteiger partial charge in [-0.25, -0.2) is 4.39 Å². The van der Waals surface area contributed by atoms with Gasteiger partial charge in [0.05, 0.1) is 12.6 Å². The van der Waals surface area contributed by atoms with Gasteiger partial charge < -0.3 is 14.0 Å². The van der Waals surface area contributed by atoms with Crippen molar-refractivity contribution in [3.8, 4) is 5.75 Å². The highest BCUT2D eigenvalue weighted by molar-refractivity contribution is 5.67. The zero-order chi connectivity index (χ0) is 14.7. The molecule has 0 aromatic carbocycles. The van der Waals surface area contributed by atoms with E-state index in [1.807, 2.05) is 16.7 Å². The number of rotatable bonds is 6. The number of aromatic nitrogens is 1. The van der Waals surface area contributed by atoms with Gasteiger partial charge in [0.25, 0.3) is 0 Å². The molecular formula is C16H23FN2O. The third-order valence-electron chi connectivity index (χ3n) is 3.86. The number of likely N-dealkylation sites (N-methyl/N-ethyl adjacent to an activating group) is 1. The van der Waals surface area contributed by atoms with Gasteiger partial charge in [-0.15, -0.1) is 0 Å². The van der Waals surface area contributed by atoms with Crippen LogP contribution < -0.4 is 4.74 Å². The van der Waals surface area contributed by atoms with Crippen LogP contribution in [0.1, 0.15) is 25.8 Å². The summed E-state index contributed by atoms with van der Waals surface area (Å²) in [5.41, 5.74) is 1.96. The molecule has 0 fully saturated rings. The fourth-order valence-corrected chi connectivity index (χ4v) is 2.62. The van der Waals surface area contributed by atoms with Crippen LogP contribution in [0.25, 0.3) is 5.52 Å². The number of fused-ring (bicyclic) bond motifs is 1. The van der Waals surface area contributed by atoms with Crippen molar-refractivity contribution >= 4 is 5.52 Å². The van der Waals surface area contributed by atoms with Gasteiger partial charge >= 0.3 is 0 Å². The number of ether oxygens (including phenoxy) is 1. The van der Waals surface area contributed by atoms with Crippen LogP contribution in [-0.4, -0.2) is 36.0 Å². The zero-order valence-corrected chi connectivity index (χ0v) is 12.7. The van der Waals surface area contributed by atoms with Gasteiger partial charge in [0.1, 0.15) is 0 Å². The molecule has 0 spiro atoms. The molecular weight excluding hydrogens is 255 g/mol. The van der Waals surface area contributed by atoms with Crippen molar-refractivity contribution < 1.29 is 9.13 Å². The second kappa shape index (κ2) is 6.27. The smallest absolute Gasteiger partial charge is 0.178 e. The maximum atomic E-state index is 13.8. The maximum Gasteiger partial charge on any atom is 0.178 e. The van der Waals surface area contributed by atoms with Crippen LogP contribution in [0.15, 0.2) is 24.5 Å². The first-order valence-corrected chi connectivity index (χ1v) is 7.10. The summed E-state index contributed by atoms with van der Waals surface area (Å²) in [5, 5.41) is 0. The number of hydrogen-bond acceptors (Lipinski definition) is 2. The number of methoxy groups -OCH3 is 1. The van der Waals surface area contributed by atoms with Crippen LogP contribution in [0, 0.1) is 5.82 Å². The van der Waals surface area contributed by atoms with Gasteiger partial charge in [-0.05, 0) is 51.1 Å². The van der Waals surface area contributed by atoms with Gasteiger partial charge in [0.15, 0.2) is 11.6 Å². The highest BCUT2D eigenvalue weighted by Gasteiger charge is 2.16. The topological polar surface area (TPSA) is 16.9 Å². The first kappa shape index (κ1) is 14.9. The Kier molecular flexibility index (Phi) is 4.65. The number of hydrogen-bond donors (Lipinski definition) is 0. The summed E-state index contributed by atoms with van der Waals surface area (Å²) in [4.78, 5) is 2.33. The van der Waals surface area contributed by atoms with Gasteiger partial charge in [-0.2, -0.15) is 0 Å². The normalized spacial score (nSPS) is 13.1. The number of pyridine rings is 1. The zero-order valence-electron chi connectivity index (χ0n) is 12.7. The quantitative estimate of drug-likeness (QED) is 0.806. The van der Waals surface area contributed by atoms with Crippen LogP contribution >= 0.6 is 0 Å². The van der Waals surface area contributed by atoms with E-state index in [1.54, 1.807) is 6.20 Å². The van der Waals surface area contributed by atoms with Crippen LogP contribution in [0.3, 0.4) is 0 Å². The lowest BCUT2D eigenvalue weighted by Gasteiger charge is -2.24. The van der Waals surface area contributed by atoms with Crippen LogP contribution in [0.2, 0.25) is 0 Å². The Hall–Kier alpha value is -1.55. The van der Waals surface area contributed by atoms with E-state index in [0.29, 0.717) is 11.8 Å². The van der Waals surface area contributed by atoms with Gasteiger partial charge in [0.2, 0.25) is 0 Å². The molecule has 0 saturated heterocycles. The molecule has 0 N–H and O–H groups in total. The number of halogens is 1. The summed E-state index contributed by atoms with van der Waals surface area (Å²) < 4.78 is 21.0. The van der Waals surface area contributed by atoms with E-state index in [-0.39, 0.29) is 5.82 Å². The largest absolute Gasteiger partial charge is 0.492 e. The molecule has 20 heavy (non-hydrogen) atoms. The van der Waals surface area contributed by atoms with Crippen molar-refractivity contribution in [2.45, 2.75) is 32.7 Å². The Morgan fingerprint density at radius 1 is 1.35 bits per heavy atom. The molecule has 0 aliphatic heterocycles. The summed E-state index contributed by atoms with van der Waals surface area (Å²) in [5.74, 6) is 0.0207. The minimum Gasteiger partial charge on any atom is -0.492 e. The molecule has 1 atom stereocenters. The molecule has 2 aromatic heterocycles. The molecule has 4 heteroatoms. The van der Waals surface area contributed by atoms with Gasteiger partial charge in [0, 0.05) is 18.4 Å². The molecule has 0 saturated carbocycles. The molecule has 2 heterocycles. The predicted octanol–water partition coefficient (Wildman–Crippen LogP) is 3.36. The van der Waals surface area contributed by atoms with Crippen molar-refractivity contribution in [1.82, 2.24) is 9.30 Å². The van der Waals surface area contributed by atoms with Crippen LogP contribution in [0.5, 0.6) is 5.75 Å². The highest BCUT2D eigenvalue weighted by Crippen LogP contribution is 2.28. The molecule has 0 bridgehead atoms. The summed E-state index contributed by atoms with van der Waals surface area (Å²) in [6.07, 6.45) is 5.71. The lowest BCUT2D eigenvalue weighted by molar-refractivity contribution is 0.257. The Morgan fingerprint density at radius 3 is 2.70 bits per heavy atom. The average molecular weight is 278 g/mol. The predicted molar refractivity (Wildman–Crippen MR) is 80.0 cm³/mol. The Bertz CT molecular complexity index is 579. The summed E-state index contributed by atoms with van der Waals surface area (Å²) in [7, 11) is 3.64. The summed E-state index contributed by atoms with van der Waals surface area (Å²) in [6, 6.07) is 3.89. The Balaban J connectivity index is 2.33. The summed E-state index contributed by atoms with van der Waals surface area (Å²) >= 11 is 0. The molecule has 110 valence electrons. The monoisotopic (exact) mass is 278 g/mol. The summed E-state index contributed by atoms with van der Waals surface area (Å²) in [6.45, 7) is 5.44. The minimum absolute atomic E-state index is 0.311. The van der Waals surface area contributed by atoms with Crippen molar-refractivity contribution in [2.24, 2.45) is 0 Å². The van der Waals surface area contributed by atoms with E-state index in [2.05, 4.69) is 25.8 Å². The second-order valence-electron chi connectivity index (χ2n) is 5.33. The molecule has 2 aromatic rings. The average Bonchev–Trinajstić information content (AvgIpc) is 2.82. The van der Waals surface area contributed by atoms with Gasteiger partial charge in [-0.3, -0.25) is 0 Å². The standard InChI is InChI=1S/C16H23FN2O/c1-5-8-18(3)12(2)11-13-6-9-19-10-7-14(17)16(20-4)15(13)19/h6-7,9-10,12H,5,8,11H2,1-4H3. The Morgan fingerprint density at radius 2 is 2.05 bits per heavy atom. The Labute approximate surface area is 120 Å². The van der Waals surface area contributed by atoms with Crippen LogP contribution in [-0.2, 0) is 6.42 Å². The van der Waals surface area contributed by atoms with Crippen molar-refractivity contribution in [2.75, 3.05) is 20.7 Å². The molecule has 0 radical (unpaired) electrons. The van der Waals surface area contributed by atoms with E-state index < -0.39 is 0 Å². The molecule has 0 amide bonds. The first-order valence-electron chi connectivity index (χ1n) is 7.10. The maximum absolute atomic E-state index is 13.8. The van der Waals surface area contributed by atoms with E-state index in [0.717, 1.165) is 30.5 Å². The first-order chi connectivity index (χ1) is 9.58. The SMILES string of the molecule is CCCN(C)C(C)Cc1ccn2ccc(F)c(OC)c12. The highest BCUT2D eigenvalue weighted by atomic mass is 19.1. The molecule has 0 aliphatic carbocycles. The third-order valence-corrected chi connectivity index (χ3v) is 3.86. The molecule has 1 unspecified atom stereocenters.